The fourth-order valence-electron chi connectivity index (χ4n) is 3.12. The molecule has 0 radical (unpaired) electrons. The van der Waals surface area contributed by atoms with Crippen molar-refractivity contribution in [3.63, 3.8) is 0 Å². The number of nitrogens with two attached hydrogens (primary N) is 1. The zero-order valence-corrected chi connectivity index (χ0v) is 14.2. The monoisotopic (exact) mass is 352 g/mol. The molecule has 1 amide bonds. The zero-order valence-electron chi connectivity index (χ0n) is 11.8. The van der Waals surface area contributed by atoms with Gasteiger partial charge in [0.2, 0.25) is 0 Å². The van der Waals surface area contributed by atoms with Gasteiger partial charge in [0.1, 0.15) is 10.7 Å². The molecule has 2 saturated heterocycles. The molecule has 5 nitrogen and oxygen atoms in total. The van der Waals surface area contributed by atoms with Crippen molar-refractivity contribution in [1.82, 2.24) is 15.2 Å². The van der Waals surface area contributed by atoms with E-state index in [9.17, 15) is 4.79 Å². The van der Waals surface area contributed by atoms with E-state index in [1.54, 1.807) is 5.38 Å². The van der Waals surface area contributed by atoms with E-state index >= 15 is 0 Å². The quantitative estimate of drug-likeness (QED) is 0.869. The molecule has 0 spiro atoms. The number of hydrogen-bond acceptors (Lipinski definition) is 5. The highest BCUT2D eigenvalue weighted by molar-refractivity contribution is 7.09. The number of thiazole rings is 1. The van der Waals surface area contributed by atoms with Crippen LogP contribution in [-0.2, 0) is 6.54 Å². The average Bonchev–Trinajstić information content (AvgIpc) is 3.06. The smallest absolute Gasteiger partial charge is 0.270 e. The number of piperidine rings is 1. The lowest BCUT2D eigenvalue weighted by molar-refractivity contribution is 0.0891. The summed E-state index contributed by atoms with van der Waals surface area (Å²) in [4.78, 5) is 18.9. The normalized spacial score (nSPS) is 24.6. The van der Waals surface area contributed by atoms with Crippen LogP contribution in [0.15, 0.2) is 5.38 Å². The molecule has 1 aromatic rings. The fraction of sp³-hybridized carbons (Fsp3) is 0.692. The molecule has 0 aliphatic carbocycles. The maximum atomic E-state index is 12.1. The molecule has 1 aromatic heterocycles. The molecule has 3 heterocycles. The number of aromatic nitrogens is 1. The summed E-state index contributed by atoms with van der Waals surface area (Å²) in [7, 11) is 0. The van der Waals surface area contributed by atoms with Gasteiger partial charge >= 0.3 is 0 Å². The fourth-order valence-corrected chi connectivity index (χ4v) is 3.78. The molecule has 0 bridgehead atoms. The van der Waals surface area contributed by atoms with E-state index in [-0.39, 0.29) is 30.7 Å². The van der Waals surface area contributed by atoms with E-state index in [1.807, 2.05) is 0 Å². The Morgan fingerprint density at radius 1 is 1.43 bits per heavy atom. The van der Waals surface area contributed by atoms with Crippen molar-refractivity contribution in [3.05, 3.63) is 16.1 Å². The summed E-state index contributed by atoms with van der Waals surface area (Å²) in [6.45, 7) is 2.75. The van der Waals surface area contributed by atoms with Crippen molar-refractivity contribution in [2.45, 2.75) is 44.3 Å². The minimum absolute atomic E-state index is 0. The summed E-state index contributed by atoms with van der Waals surface area (Å²) in [5, 5.41) is 5.73. The third-order valence-corrected chi connectivity index (χ3v) is 4.99. The summed E-state index contributed by atoms with van der Waals surface area (Å²) in [6.07, 6.45) is 4.72. The maximum Gasteiger partial charge on any atom is 0.270 e. The third-order valence-electron chi connectivity index (χ3n) is 4.11. The topological polar surface area (TPSA) is 71.2 Å². The van der Waals surface area contributed by atoms with Crippen LogP contribution >= 0.6 is 36.2 Å². The lowest BCUT2D eigenvalue weighted by Gasteiger charge is -2.35. The predicted molar refractivity (Wildman–Crippen MR) is 89.6 cm³/mol. The van der Waals surface area contributed by atoms with Crippen LogP contribution < -0.4 is 11.1 Å². The number of rotatable bonds is 3. The van der Waals surface area contributed by atoms with E-state index in [2.05, 4.69) is 15.2 Å². The Kier molecular flexibility index (Phi) is 7.36. The van der Waals surface area contributed by atoms with E-state index in [4.69, 9.17) is 5.73 Å². The summed E-state index contributed by atoms with van der Waals surface area (Å²) in [6, 6.07) is 0.976. The van der Waals surface area contributed by atoms with Gasteiger partial charge in [0, 0.05) is 30.6 Å². The standard InChI is InChI=1S/C13H20N4OS.2ClH/c14-7-12-16-11(8-19-12)13(18)15-9-3-5-17-4-1-2-10(17)6-9;;/h8-10H,1-7,14H2,(H,15,18);2*1H. The van der Waals surface area contributed by atoms with Crippen LogP contribution in [0, 0.1) is 0 Å². The van der Waals surface area contributed by atoms with Gasteiger partial charge in [-0.2, -0.15) is 0 Å². The molecular formula is C13H22Cl2N4OS. The third kappa shape index (κ3) is 4.29. The van der Waals surface area contributed by atoms with Crippen molar-refractivity contribution >= 4 is 42.1 Å². The SMILES string of the molecule is Cl.Cl.NCc1nc(C(=O)NC2CCN3CCCC3C2)cs1. The number of carbonyl (C=O) groups is 1. The molecule has 8 heteroatoms. The van der Waals surface area contributed by atoms with Gasteiger partial charge < -0.3 is 16.0 Å². The Bertz CT molecular complexity index is 471. The summed E-state index contributed by atoms with van der Waals surface area (Å²) in [5.41, 5.74) is 6.03. The van der Waals surface area contributed by atoms with Gasteiger partial charge in [-0.05, 0) is 32.2 Å². The van der Waals surface area contributed by atoms with E-state index < -0.39 is 0 Å². The van der Waals surface area contributed by atoms with Gasteiger partial charge in [0.15, 0.2) is 0 Å². The van der Waals surface area contributed by atoms with Crippen molar-refractivity contribution < 1.29 is 4.79 Å². The second-order valence-electron chi connectivity index (χ2n) is 5.36. The van der Waals surface area contributed by atoms with Gasteiger partial charge in [0.25, 0.3) is 5.91 Å². The first kappa shape index (κ1) is 18.6. The van der Waals surface area contributed by atoms with E-state index in [1.165, 1.54) is 30.7 Å². The predicted octanol–water partition coefficient (Wildman–Crippen LogP) is 1.80. The minimum atomic E-state index is -0.0487. The van der Waals surface area contributed by atoms with Crippen LogP contribution in [0.3, 0.4) is 0 Å². The van der Waals surface area contributed by atoms with Crippen LogP contribution in [0.5, 0.6) is 0 Å². The Hall–Kier alpha value is -0.400. The Morgan fingerprint density at radius 2 is 2.24 bits per heavy atom. The number of halogens is 2. The van der Waals surface area contributed by atoms with Crippen molar-refractivity contribution in [1.29, 1.82) is 0 Å². The van der Waals surface area contributed by atoms with Crippen LogP contribution in [0.2, 0.25) is 0 Å². The highest BCUT2D eigenvalue weighted by atomic mass is 35.5. The zero-order chi connectivity index (χ0) is 13.2. The molecule has 2 aliphatic heterocycles. The molecule has 2 unspecified atom stereocenters. The number of amides is 1. The summed E-state index contributed by atoms with van der Waals surface area (Å²) < 4.78 is 0. The number of nitrogens with zero attached hydrogens (tertiary/aromatic N) is 2. The van der Waals surface area contributed by atoms with Crippen molar-refractivity contribution in [2.75, 3.05) is 13.1 Å². The van der Waals surface area contributed by atoms with Gasteiger partial charge in [-0.25, -0.2) is 4.98 Å². The first-order chi connectivity index (χ1) is 9.26. The maximum absolute atomic E-state index is 12.1. The van der Waals surface area contributed by atoms with E-state index in [0.717, 1.165) is 24.4 Å². The van der Waals surface area contributed by atoms with Gasteiger partial charge in [-0.1, -0.05) is 0 Å². The van der Waals surface area contributed by atoms with Gasteiger partial charge in [-0.3, -0.25) is 4.79 Å². The summed E-state index contributed by atoms with van der Waals surface area (Å²) >= 11 is 1.45. The highest BCUT2D eigenvalue weighted by Crippen LogP contribution is 2.27. The number of fused-ring (bicyclic) bond motifs is 1. The Morgan fingerprint density at radius 3 is 2.95 bits per heavy atom. The highest BCUT2D eigenvalue weighted by Gasteiger charge is 2.32. The van der Waals surface area contributed by atoms with Crippen LogP contribution in [0.1, 0.15) is 41.2 Å². The average molecular weight is 353 g/mol. The number of nitrogens with one attached hydrogen (secondary N) is 1. The molecule has 0 saturated carbocycles. The van der Waals surface area contributed by atoms with Crippen molar-refractivity contribution in [3.8, 4) is 0 Å². The first-order valence-corrected chi connectivity index (χ1v) is 7.83. The van der Waals surface area contributed by atoms with Gasteiger partial charge in [-0.15, -0.1) is 36.2 Å². The lowest BCUT2D eigenvalue weighted by Crippen LogP contribution is -2.47. The molecule has 21 heavy (non-hydrogen) atoms. The summed E-state index contributed by atoms with van der Waals surface area (Å²) in [5.74, 6) is -0.0487. The van der Waals surface area contributed by atoms with Crippen LogP contribution in [-0.4, -0.2) is 41.0 Å². The second-order valence-corrected chi connectivity index (χ2v) is 6.30. The molecule has 2 atom stereocenters. The Labute approximate surface area is 141 Å². The van der Waals surface area contributed by atoms with Crippen LogP contribution in [0.25, 0.3) is 0 Å². The molecule has 3 rings (SSSR count). The Balaban J connectivity index is 0.00000110. The molecule has 120 valence electrons. The minimum Gasteiger partial charge on any atom is -0.348 e. The first-order valence-electron chi connectivity index (χ1n) is 6.95. The van der Waals surface area contributed by atoms with E-state index in [0.29, 0.717) is 24.3 Å². The molecule has 3 N–H and O–H groups in total. The molecule has 2 aliphatic rings. The lowest BCUT2D eigenvalue weighted by atomic mass is 9.97. The van der Waals surface area contributed by atoms with Crippen molar-refractivity contribution in [2.24, 2.45) is 5.73 Å². The largest absolute Gasteiger partial charge is 0.348 e. The second kappa shape index (κ2) is 8.29. The molecular weight excluding hydrogens is 331 g/mol. The number of carbonyl (C=O) groups excluding carboxylic acids is 1. The molecule has 2 fully saturated rings. The number of hydrogen-bond donors (Lipinski definition) is 2. The van der Waals surface area contributed by atoms with Gasteiger partial charge in [0.05, 0.1) is 0 Å². The van der Waals surface area contributed by atoms with Crippen LogP contribution in [0.4, 0.5) is 0 Å². The molecule has 0 aromatic carbocycles.